The van der Waals surface area contributed by atoms with Crippen molar-refractivity contribution in [3.8, 4) is 0 Å². The van der Waals surface area contributed by atoms with Crippen LogP contribution in [-0.4, -0.2) is 5.78 Å². The van der Waals surface area contributed by atoms with E-state index in [4.69, 9.17) is 0 Å². The average Bonchev–Trinajstić information content (AvgIpc) is 2.81. The molecular formula is C14H20OS. The van der Waals surface area contributed by atoms with E-state index in [9.17, 15) is 4.79 Å². The lowest BCUT2D eigenvalue weighted by molar-refractivity contribution is -0.118. The van der Waals surface area contributed by atoms with Crippen molar-refractivity contribution in [1.29, 1.82) is 0 Å². The maximum atomic E-state index is 11.8. The summed E-state index contributed by atoms with van der Waals surface area (Å²) in [6.45, 7) is 0. The van der Waals surface area contributed by atoms with Gasteiger partial charge in [-0.15, -0.1) is 0 Å². The summed E-state index contributed by atoms with van der Waals surface area (Å²) in [5, 5.41) is 4.13. The first-order chi connectivity index (χ1) is 7.84. The van der Waals surface area contributed by atoms with Gasteiger partial charge in [0.1, 0.15) is 5.78 Å². The van der Waals surface area contributed by atoms with Crippen LogP contribution in [0.5, 0.6) is 0 Å². The van der Waals surface area contributed by atoms with Gasteiger partial charge < -0.3 is 0 Å². The van der Waals surface area contributed by atoms with Crippen molar-refractivity contribution in [3.05, 3.63) is 22.4 Å². The molecule has 2 heteroatoms. The zero-order chi connectivity index (χ0) is 11.2. The van der Waals surface area contributed by atoms with Crippen LogP contribution in [0.25, 0.3) is 0 Å². The predicted octanol–water partition coefficient (Wildman–Crippen LogP) is 4.22. The second kappa shape index (κ2) is 6.19. The summed E-state index contributed by atoms with van der Waals surface area (Å²) < 4.78 is 0. The van der Waals surface area contributed by atoms with Gasteiger partial charge in [-0.25, -0.2) is 0 Å². The summed E-state index contributed by atoms with van der Waals surface area (Å²) in [6.07, 6.45) is 9.43. The number of carbonyl (C=O) groups is 1. The number of thiophene rings is 1. The third-order valence-electron chi connectivity index (χ3n) is 3.54. The Hall–Kier alpha value is -0.630. The molecule has 1 fully saturated rings. The summed E-state index contributed by atoms with van der Waals surface area (Å²) in [4.78, 5) is 11.8. The molecule has 0 atom stereocenters. The fourth-order valence-corrected chi connectivity index (χ4v) is 3.22. The highest BCUT2D eigenvalue weighted by Crippen LogP contribution is 2.27. The standard InChI is InChI=1S/C14H20OS/c15-14(10-13-8-9-16-11-13)7-6-12-4-2-1-3-5-12/h8-9,11-12H,1-7,10H2. The minimum Gasteiger partial charge on any atom is -0.299 e. The summed E-state index contributed by atoms with van der Waals surface area (Å²) in [6, 6.07) is 2.06. The maximum absolute atomic E-state index is 11.8. The molecule has 0 N–H and O–H groups in total. The van der Waals surface area contributed by atoms with E-state index in [0.717, 1.165) is 18.8 Å². The molecule has 0 aromatic carbocycles. The number of hydrogen-bond acceptors (Lipinski definition) is 2. The first kappa shape index (κ1) is 11.8. The summed E-state index contributed by atoms with van der Waals surface area (Å²) in [5.41, 5.74) is 1.19. The molecule has 1 saturated carbocycles. The zero-order valence-corrected chi connectivity index (χ0v) is 10.6. The molecule has 1 aliphatic rings. The van der Waals surface area contributed by atoms with E-state index in [2.05, 4.69) is 11.4 Å². The minimum atomic E-state index is 0.420. The zero-order valence-electron chi connectivity index (χ0n) is 9.78. The van der Waals surface area contributed by atoms with Crippen LogP contribution in [0.15, 0.2) is 16.8 Å². The fraction of sp³-hybridized carbons (Fsp3) is 0.643. The van der Waals surface area contributed by atoms with Gasteiger partial charge in [0.25, 0.3) is 0 Å². The van der Waals surface area contributed by atoms with Crippen LogP contribution in [0.4, 0.5) is 0 Å². The van der Waals surface area contributed by atoms with Crippen LogP contribution in [0.2, 0.25) is 0 Å². The van der Waals surface area contributed by atoms with Crippen LogP contribution in [0, 0.1) is 5.92 Å². The Balaban J connectivity index is 1.67. The molecular weight excluding hydrogens is 216 g/mol. The normalized spacial score (nSPS) is 17.5. The van der Waals surface area contributed by atoms with Crippen molar-refractivity contribution in [2.75, 3.05) is 0 Å². The predicted molar refractivity (Wildman–Crippen MR) is 68.8 cm³/mol. The quantitative estimate of drug-likeness (QED) is 0.748. The second-order valence-electron chi connectivity index (χ2n) is 4.89. The molecule has 1 heterocycles. The van der Waals surface area contributed by atoms with Crippen LogP contribution in [-0.2, 0) is 11.2 Å². The van der Waals surface area contributed by atoms with Crippen LogP contribution >= 0.6 is 11.3 Å². The van der Waals surface area contributed by atoms with Gasteiger partial charge in [0.05, 0.1) is 0 Å². The van der Waals surface area contributed by atoms with Crippen LogP contribution in [0.3, 0.4) is 0 Å². The fourth-order valence-electron chi connectivity index (χ4n) is 2.55. The number of ketones is 1. The maximum Gasteiger partial charge on any atom is 0.137 e. The number of hydrogen-bond donors (Lipinski definition) is 0. The number of carbonyl (C=O) groups excluding carboxylic acids is 1. The van der Waals surface area contributed by atoms with Crippen molar-refractivity contribution in [3.63, 3.8) is 0 Å². The van der Waals surface area contributed by atoms with Gasteiger partial charge in [0.2, 0.25) is 0 Å². The molecule has 88 valence electrons. The molecule has 1 aromatic heterocycles. The molecule has 0 spiro atoms. The molecule has 0 radical (unpaired) electrons. The molecule has 0 amide bonds. The third kappa shape index (κ3) is 3.75. The lowest BCUT2D eigenvalue weighted by atomic mass is 9.85. The van der Waals surface area contributed by atoms with E-state index in [1.165, 1.54) is 37.7 Å². The molecule has 16 heavy (non-hydrogen) atoms. The highest BCUT2D eigenvalue weighted by molar-refractivity contribution is 7.07. The van der Waals surface area contributed by atoms with E-state index < -0.39 is 0 Å². The SMILES string of the molecule is O=C(CCC1CCCCC1)Cc1ccsc1. The Labute approximate surface area is 102 Å². The molecule has 2 rings (SSSR count). The second-order valence-corrected chi connectivity index (χ2v) is 5.67. The topological polar surface area (TPSA) is 17.1 Å². The van der Waals surface area contributed by atoms with Gasteiger partial charge in [-0.1, -0.05) is 32.1 Å². The largest absolute Gasteiger partial charge is 0.299 e. The molecule has 0 unspecified atom stereocenters. The highest BCUT2D eigenvalue weighted by atomic mass is 32.1. The summed E-state index contributed by atoms with van der Waals surface area (Å²) >= 11 is 1.68. The van der Waals surface area contributed by atoms with Gasteiger partial charge in [-0.2, -0.15) is 11.3 Å². The molecule has 1 aromatic rings. The van der Waals surface area contributed by atoms with Crippen molar-refractivity contribution in [1.82, 2.24) is 0 Å². The molecule has 1 nitrogen and oxygen atoms in total. The Morgan fingerprint density at radius 3 is 2.81 bits per heavy atom. The van der Waals surface area contributed by atoms with E-state index in [1.807, 2.05) is 5.38 Å². The summed E-state index contributed by atoms with van der Waals surface area (Å²) in [7, 11) is 0. The van der Waals surface area contributed by atoms with Crippen LogP contribution < -0.4 is 0 Å². The first-order valence-electron chi connectivity index (χ1n) is 6.37. The summed E-state index contributed by atoms with van der Waals surface area (Å²) in [5.74, 6) is 1.25. The molecule has 0 aliphatic heterocycles. The Kier molecular flexibility index (Phi) is 4.58. The monoisotopic (exact) mass is 236 g/mol. The average molecular weight is 236 g/mol. The Morgan fingerprint density at radius 2 is 2.12 bits per heavy atom. The van der Waals surface area contributed by atoms with E-state index in [0.29, 0.717) is 12.2 Å². The Bertz CT molecular complexity index is 309. The molecule has 1 aliphatic carbocycles. The lowest BCUT2D eigenvalue weighted by Crippen LogP contribution is -2.10. The van der Waals surface area contributed by atoms with Gasteiger partial charge in [0, 0.05) is 12.8 Å². The van der Waals surface area contributed by atoms with E-state index >= 15 is 0 Å². The third-order valence-corrected chi connectivity index (χ3v) is 4.27. The Morgan fingerprint density at radius 1 is 1.31 bits per heavy atom. The lowest BCUT2D eigenvalue weighted by Gasteiger charge is -2.20. The number of rotatable bonds is 5. The van der Waals surface area contributed by atoms with E-state index in [-0.39, 0.29) is 0 Å². The van der Waals surface area contributed by atoms with Gasteiger partial charge in [-0.3, -0.25) is 4.79 Å². The van der Waals surface area contributed by atoms with Crippen molar-refractivity contribution in [2.45, 2.75) is 51.4 Å². The van der Waals surface area contributed by atoms with Crippen molar-refractivity contribution >= 4 is 17.1 Å². The van der Waals surface area contributed by atoms with Gasteiger partial charge in [0.15, 0.2) is 0 Å². The molecule has 0 bridgehead atoms. The van der Waals surface area contributed by atoms with Gasteiger partial charge >= 0.3 is 0 Å². The first-order valence-corrected chi connectivity index (χ1v) is 7.31. The molecule has 0 saturated heterocycles. The highest BCUT2D eigenvalue weighted by Gasteiger charge is 2.14. The smallest absolute Gasteiger partial charge is 0.137 e. The van der Waals surface area contributed by atoms with Gasteiger partial charge in [-0.05, 0) is 34.7 Å². The van der Waals surface area contributed by atoms with Crippen molar-refractivity contribution < 1.29 is 4.79 Å². The van der Waals surface area contributed by atoms with E-state index in [1.54, 1.807) is 11.3 Å². The van der Waals surface area contributed by atoms with Crippen molar-refractivity contribution in [2.24, 2.45) is 5.92 Å². The minimum absolute atomic E-state index is 0.420. The van der Waals surface area contributed by atoms with Crippen LogP contribution in [0.1, 0.15) is 50.5 Å². The number of Topliss-reactive ketones (excluding diaryl/α,β-unsaturated/α-hetero) is 1.